The lowest BCUT2D eigenvalue weighted by molar-refractivity contribution is -0.128. The molecule has 1 aliphatic heterocycles. The molecule has 19 heavy (non-hydrogen) atoms. The van der Waals surface area contributed by atoms with Gasteiger partial charge in [0.05, 0.1) is 12.0 Å². The van der Waals surface area contributed by atoms with Crippen LogP contribution in [0.1, 0.15) is 25.3 Å². The van der Waals surface area contributed by atoms with Gasteiger partial charge in [-0.1, -0.05) is 28.1 Å². The highest BCUT2D eigenvalue weighted by Crippen LogP contribution is 2.27. The van der Waals surface area contributed by atoms with Crippen LogP contribution in [0.3, 0.4) is 0 Å². The Hall–Kier alpha value is -1.36. The van der Waals surface area contributed by atoms with Crippen molar-refractivity contribution in [3.8, 4) is 0 Å². The molecule has 0 unspecified atom stereocenters. The SMILES string of the molecule is CN1C(=O)C[C@](C)(CCc2cccc(Br)c2)N=C1N. The number of carbonyl (C=O) groups is 1. The summed E-state index contributed by atoms with van der Waals surface area (Å²) in [5.41, 5.74) is 6.62. The number of halogens is 1. The van der Waals surface area contributed by atoms with Gasteiger partial charge in [0.15, 0.2) is 5.96 Å². The number of nitrogens with two attached hydrogens (primary N) is 1. The Morgan fingerprint density at radius 1 is 1.53 bits per heavy atom. The Kier molecular flexibility index (Phi) is 3.94. The Bertz CT molecular complexity index is 529. The Labute approximate surface area is 121 Å². The normalized spacial score (nSPS) is 23.4. The topological polar surface area (TPSA) is 58.7 Å². The lowest BCUT2D eigenvalue weighted by Gasteiger charge is -2.33. The fraction of sp³-hybridized carbons (Fsp3) is 0.429. The van der Waals surface area contributed by atoms with E-state index in [4.69, 9.17) is 5.73 Å². The average Bonchev–Trinajstić information content (AvgIpc) is 2.34. The van der Waals surface area contributed by atoms with Crippen molar-refractivity contribution in [2.24, 2.45) is 10.7 Å². The van der Waals surface area contributed by atoms with Gasteiger partial charge in [-0.3, -0.25) is 9.69 Å². The summed E-state index contributed by atoms with van der Waals surface area (Å²) in [6, 6.07) is 8.19. The molecular weight excluding hydrogens is 306 g/mol. The second kappa shape index (κ2) is 5.33. The molecule has 5 heteroatoms. The number of guanidine groups is 1. The third kappa shape index (κ3) is 3.35. The molecule has 0 radical (unpaired) electrons. The van der Waals surface area contributed by atoms with Crippen molar-refractivity contribution >= 4 is 27.8 Å². The number of benzene rings is 1. The van der Waals surface area contributed by atoms with Crippen LogP contribution in [-0.4, -0.2) is 29.4 Å². The van der Waals surface area contributed by atoms with Crippen LogP contribution in [0.5, 0.6) is 0 Å². The molecule has 0 saturated carbocycles. The minimum atomic E-state index is -0.393. The van der Waals surface area contributed by atoms with E-state index in [1.807, 2.05) is 19.1 Å². The third-order valence-corrected chi connectivity index (χ3v) is 3.97. The molecule has 1 aromatic rings. The minimum absolute atomic E-state index is 0.0317. The summed E-state index contributed by atoms with van der Waals surface area (Å²) < 4.78 is 1.07. The molecule has 1 aromatic carbocycles. The van der Waals surface area contributed by atoms with E-state index < -0.39 is 5.54 Å². The molecule has 0 saturated heterocycles. The summed E-state index contributed by atoms with van der Waals surface area (Å²) in [5.74, 6) is 0.345. The first-order valence-corrected chi connectivity index (χ1v) is 7.05. The fourth-order valence-electron chi connectivity index (χ4n) is 2.21. The Morgan fingerprint density at radius 2 is 2.26 bits per heavy atom. The van der Waals surface area contributed by atoms with Crippen molar-refractivity contribution in [1.29, 1.82) is 0 Å². The highest BCUT2D eigenvalue weighted by atomic mass is 79.9. The highest BCUT2D eigenvalue weighted by Gasteiger charge is 2.34. The largest absolute Gasteiger partial charge is 0.369 e. The van der Waals surface area contributed by atoms with E-state index in [0.29, 0.717) is 12.4 Å². The first-order valence-electron chi connectivity index (χ1n) is 6.26. The van der Waals surface area contributed by atoms with Gasteiger partial charge in [-0.15, -0.1) is 0 Å². The standard InChI is InChI=1S/C14H18BrN3O/c1-14(9-12(19)18(2)13(16)17-14)7-6-10-4-3-5-11(15)8-10/h3-5,8H,6-7,9H2,1-2H3,(H2,16,17)/t14-/m0/s1. The van der Waals surface area contributed by atoms with E-state index in [9.17, 15) is 4.79 Å². The number of aryl methyl sites for hydroxylation is 1. The second-order valence-corrected chi connectivity index (χ2v) is 6.14. The molecule has 2 N–H and O–H groups in total. The van der Waals surface area contributed by atoms with E-state index >= 15 is 0 Å². The Morgan fingerprint density at radius 3 is 2.89 bits per heavy atom. The van der Waals surface area contributed by atoms with Gasteiger partial charge in [0.2, 0.25) is 5.91 Å². The zero-order valence-electron chi connectivity index (χ0n) is 11.2. The summed E-state index contributed by atoms with van der Waals surface area (Å²) in [4.78, 5) is 17.7. The first-order chi connectivity index (χ1) is 8.89. The molecule has 0 aliphatic carbocycles. The highest BCUT2D eigenvalue weighted by molar-refractivity contribution is 9.10. The Balaban J connectivity index is 2.08. The minimum Gasteiger partial charge on any atom is -0.369 e. The van der Waals surface area contributed by atoms with Gasteiger partial charge < -0.3 is 5.73 Å². The van der Waals surface area contributed by atoms with Crippen LogP contribution < -0.4 is 5.73 Å². The fourth-order valence-corrected chi connectivity index (χ4v) is 2.66. The number of aliphatic imine (C=N–C) groups is 1. The van der Waals surface area contributed by atoms with Gasteiger partial charge in [0.1, 0.15) is 0 Å². The maximum absolute atomic E-state index is 11.8. The number of carbonyl (C=O) groups excluding carboxylic acids is 1. The van der Waals surface area contributed by atoms with E-state index in [1.165, 1.54) is 10.5 Å². The van der Waals surface area contributed by atoms with Gasteiger partial charge in [-0.05, 0) is 37.5 Å². The number of nitrogens with zero attached hydrogens (tertiary/aromatic N) is 2. The van der Waals surface area contributed by atoms with Gasteiger partial charge in [0, 0.05) is 11.5 Å². The van der Waals surface area contributed by atoms with Crippen LogP contribution in [0.2, 0.25) is 0 Å². The predicted molar refractivity (Wildman–Crippen MR) is 79.9 cm³/mol. The number of hydrogen-bond donors (Lipinski definition) is 1. The predicted octanol–water partition coefficient (Wildman–Crippen LogP) is 2.32. The van der Waals surface area contributed by atoms with Crippen LogP contribution >= 0.6 is 15.9 Å². The van der Waals surface area contributed by atoms with Crippen molar-refractivity contribution < 1.29 is 4.79 Å². The molecule has 0 spiro atoms. The lowest BCUT2D eigenvalue weighted by atomic mass is 9.89. The summed E-state index contributed by atoms with van der Waals surface area (Å²) in [7, 11) is 1.66. The van der Waals surface area contributed by atoms with Crippen LogP contribution in [-0.2, 0) is 11.2 Å². The van der Waals surface area contributed by atoms with Crippen molar-refractivity contribution in [3.63, 3.8) is 0 Å². The van der Waals surface area contributed by atoms with Crippen molar-refractivity contribution in [2.75, 3.05) is 7.05 Å². The van der Waals surface area contributed by atoms with E-state index in [-0.39, 0.29) is 5.91 Å². The third-order valence-electron chi connectivity index (χ3n) is 3.48. The summed E-state index contributed by atoms with van der Waals surface area (Å²) in [6.45, 7) is 1.99. The van der Waals surface area contributed by atoms with Crippen LogP contribution in [0.4, 0.5) is 0 Å². The molecule has 0 aromatic heterocycles. The zero-order valence-corrected chi connectivity index (χ0v) is 12.8. The monoisotopic (exact) mass is 323 g/mol. The first kappa shape index (κ1) is 14.1. The summed E-state index contributed by atoms with van der Waals surface area (Å²) in [5, 5.41) is 0. The summed E-state index contributed by atoms with van der Waals surface area (Å²) >= 11 is 3.46. The second-order valence-electron chi connectivity index (χ2n) is 5.23. The summed E-state index contributed by atoms with van der Waals surface area (Å²) in [6.07, 6.45) is 2.10. The molecule has 0 fully saturated rings. The van der Waals surface area contributed by atoms with Crippen LogP contribution in [0, 0.1) is 0 Å². The van der Waals surface area contributed by atoms with Crippen molar-refractivity contribution in [1.82, 2.24) is 4.90 Å². The molecule has 1 aliphatic rings. The molecule has 0 bridgehead atoms. The van der Waals surface area contributed by atoms with E-state index in [0.717, 1.165) is 17.3 Å². The van der Waals surface area contributed by atoms with Gasteiger partial charge in [-0.25, -0.2) is 4.99 Å². The zero-order chi connectivity index (χ0) is 14.0. The molecule has 4 nitrogen and oxygen atoms in total. The molecular formula is C14H18BrN3O. The number of hydrogen-bond acceptors (Lipinski definition) is 3. The van der Waals surface area contributed by atoms with Crippen molar-refractivity contribution in [2.45, 2.75) is 31.7 Å². The molecule has 2 rings (SSSR count). The van der Waals surface area contributed by atoms with E-state index in [1.54, 1.807) is 7.05 Å². The lowest BCUT2D eigenvalue weighted by Crippen LogP contribution is -2.48. The number of rotatable bonds is 3. The smallest absolute Gasteiger partial charge is 0.231 e. The van der Waals surface area contributed by atoms with Crippen LogP contribution in [0.25, 0.3) is 0 Å². The number of amides is 1. The molecule has 1 amide bonds. The molecule has 102 valence electrons. The average molecular weight is 324 g/mol. The van der Waals surface area contributed by atoms with Crippen LogP contribution in [0.15, 0.2) is 33.7 Å². The van der Waals surface area contributed by atoms with E-state index in [2.05, 4.69) is 33.1 Å². The maximum Gasteiger partial charge on any atom is 0.231 e. The van der Waals surface area contributed by atoms with Crippen molar-refractivity contribution in [3.05, 3.63) is 34.3 Å². The molecule has 1 atom stereocenters. The van der Waals surface area contributed by atoms with Gasteiger partial charge in [-0.2, -0.15) is 0 Å². The quantitative estimate of drug-likeness (QED) is 0.928. The van der Waals surface area contributed by atoms with Gasteiger partial charge in [0.25, 0.3) is 0 Å². The molecule has 1 heterocycles. The van der Waals surface area contributed by atoms with Gasteiger partial charge >= 0.3 is 0 Å². The maximum atomic E-state index is 11.8.